The van der Waals surface area contributed by atoms with Crippen LogP contribution in [0.5, 0.6) is 0 Å². The van der Waals surface area contributed by atoms with Crippen molar-refractivity contribution in [3.8, 4) is 0 Å². The van der Waals surface area contributed by atoms with Crippen LogP contribution >= 0.6 is 11.6 Å². The molecule has 0 spiro atoms. The highest BCUT2D eigenvalue weighted by Crippen LogP contribution is 2.40. The smallest absolute Gasteiger partial charge is 0.291 e. The van der Waals surface area contributed by atoms with Crippen molar-refractivity contribution in [3.05, 3.63) is 115 Å². The molecule has 1 atom stereocenters. The van der Waals surface area contributed by atoms with Crippen LogP contribution in [0.3, 0.4) is 0 Å². The van der Waals surface area contributed by atoms with Gasteiger partial charge in [0.05, 0.1) is 17.0 Å². The minimum Gasteiger partial charge on any atom is -0.450 e. The lowest BCUT2D eigenvalue weighted by Gasteiger charge is -2.25. The van der Waals surface area contributed by atoms with Crippen LogP contribution in [0.15, 0.2) is 69.9 Å². The fraction of sp³-hybridized carbons (Fsp3) is 0.185. The number of halogens is 1. The predicted octanol–water partition coefficient (Wildman–Crippen LogP) is 6.12. The average molecular weight is 444 g/mol. The first-order chi connectivity index (χ1) is 15.3. The molecule has 160 valence electrons. The Morgan fingerprint density at radius 2 is 1.62 bits per heavy atom. The van der Waals surface area contributed by atoms with Gasteiger partial charge in [-0.05, 0) is 61.2 Å². The molecular weight excluding hydrogens is 422 g/mol. The summed E-state index contributed by atoms with van der Waals surface area (Å²) < 4.78 is 6.08. The molecule has 0 fully saturated rings. The summed E-state index contributed by atoms with van der Waals surface area (Å²) in [5, 5.41) is 1.07. The normalized spacial score (nSPS) is 15.4. The lowest BCUT2D eigenvalue weighted by Crippen LogP contribution is -2.29. The highest BCUT2D eigenvalue weighted by molar-refractivity contribution is 6.31. The molecule has 4 aromatic rings. The molecule has 1 amide bonds. The Hall–Kier alpha value is -3.37. The Bertz CT molecular complexity index is 1440. The molecule has 0 saturated heterocycles. The van der Waals surface area contributed by atoms with Gasteiger partial charge in [-0.15, -0.1) is 0 Å². The molecule has 0 N–H and O–H groups in total. The number of benzene rings is 3. The molecule has 0 bridgehead atoms. The highest BCUT2D eigenvalue weighted by Gasteiger charge is 2.42. The largest absolute Gasteiger partial charge is 0.450 e. The van der Waals surface area contributed by atoms with Crippen molar-refractivity contribution in [1.82, 2.24) is 4.90 Å². The number of aryl methyl sites for hydroxylation is 3. The third-order valence-corrected chi connectivity index (χ3v) is 6.64. The second-order valence-corrected chi connectivity index (χ2v) is 8.85. The van der Waals surface area contributed by atoms with E-state index in [1.807, 2.05) is 75.4 Å². The van der Waals surface area contributed by atoms with E-state index in [-0.39, 0.29) is 23.6 Å². The van der Waals surface area contributed by atoms with Crippen LogP contribution in [0.2, 0.25) is 5.02 Å². The number of hydrogen-bond acceptors (Lipinski definition) is 3. The van der Waals surface area contributed by atoms with E-state index in [4.69, 9.17) is 16.0 Å². The minimum atomic E-state index is -0.545. The summed E-state index contributed by atoms with van der Waals surface area (Å²) >= 11 is 6.40. The van der Waals surface area contributed by atoms with E-state index in [2.05, 4.69) is 0 Å². The molecule has 4 nitrogen and oxygen atoms in total. The van der Waals surface area contributed by atoms with Gasteiger partial charge in [0.15, 0.2) is 5.43 Å². The van der Waals surface area contributed by atoms with Crippen LogP contribution in [-0.4, -0.2) is 10.8 Å². The Labute approximate surface area is 191 Å². The molecule has 0 saturated carbocycles. The zero-order chi connectivity index (χ0) is 22.6. The topological polar surface area (TPSA) is 50.5 Å². The summed E-state index contributed by atoms with van der Waals surface area (Å²) in [6, 6.07) is 18.5. The maximum atomic E-state index is 13.7. The lowest BCUT2D eigenvalue weighted by molar-refractivity contribution is 0.0714. The first-order valence-electron chi connectivity index (χ1n) is 10.5. The van der Waals surface area contributed by atoms with E-state index >= 15 is 0 Å². The van der Waals surface area contributed by atoms with E-state index < -0.39 is 6.04 Å². The van der Waals surface area contributed by atoms with Crippen molar-refractivity contribution in [1.29, 1.82) is 0 Å². The maximum absolute atomic E-state index is 13.7. The van der Waals surface area contributed by atoms with Crippen molar-refractivity contribution in [2.75, 3.05) is 0 Å². The van der Waals surface area contributed by atoms with E-state index in [0.717, 1.165) is 27.8 Å². The van der Waals surface area contributed by atoms with Gasteiger partial charge in [0, 0.05) is 11.6 Å². The van der Waals surface area contributed by atoms with Gasteiger partial charge in [-0.25, -0.2) is 0 Å². The molecule has 1 aliphatic heterocycles. The van der Waals surface area contributed by atoms with Gasteiger partial charge in [0.25, 0.3) is 5.91 Å². The summed E-state index contributed by atoms with van der Waals surface area (Å²) in [6.07, 6.45) is 0. The van der Waals surface area contributed by atoms with E-state index in [0.29, 0.717) is 21.6 Å². The summed E-state index contributed by atoms with van der Waals surface area (Å²) in [7, 11) is 0. The van der Waals surface area contributed by atoms with Gasteiger partial charge in [-0.3, -0.25) is 9.59 Å². The molecule has 0 aliphatic carbocycles. The molecule has 32 heavy (non-hydrogen) atoms. The zero-order valence-electron chi connectivity index (χ0n) is 18.1. The number of hydrogen-bond donors (Lipinski definition) is 0. The van der Waals surface area contributed by atoms with E-state index in [1.54, 1.807) is 11.0 Å². The van der Waals surface area contributed by atoms with Crippen molar-refractivity contribution in [2.45, 2.75) is 33.4 Å². The second kappa shape index (κ2) is 7.64. The predicted molar refractivity (Wildman–Crippen MR) is 126 cm³/mol. The molecule has 1 aliphatic rings. The maximum Gasteiger partial charge on any atom is 0.291 e. The third-order valence-electron chi connectivity index (χ3n) is 6.27. The number of nitrogens with zero attached hydrogens (tertiary/aromatic N) is 1. The van der Waals surface area contributed by atoms with Crippen LogP contribution in [0.25, 0.3) is 11.0 Å². The van der Waals surface area contributed by atoms with Gasteiger partial charge in [0.1, 0.15) is 5.58 Å². The fourth-order valence-electron chi connectivity index (χ4n) is 4.34. The van der Waals surface area contributed by atoms with Crippen LogP contribution in [0.4, 0.5) is 0 Å². The fourth-order valence-corrected chi connectivity index (χ4v) is 4.54. The molecule has 5 heteroatoms. The Balaban J connectivity index is 1.75. The number of amides is 1. The SMILES string of the molecule is Cc1ccc(C2c3c(oc4cc(C)c(C)cc4c3=O)C(=O)N2Cc2ccccc2Cl)cc1. The second-order valence-electron chi connectivity index (χ2n) is 8.44. The van der Waals surface area contributed by atoms with E-state index in [9.17, 15) is 9.59 Å². The van der Waals surface area contributed by atoms with Crippen molar-refractivity contribution in [2.24, 2.45) is 0 Å². The Kier molecular flexibility index (Phi) is 4.90. The first-order valence-corrected chi connectivity index (χ1v) is 10.9. The summed E-state index contributed by atoms with van der Waals surface area (Å²) in [6.45, 7) is 6.21. The van der Waals surface area contributed by atoms with Crippen molar-refractivity contribution in [3.63, 3.8) is 0 Å². The van der Waals surface area contributed by atoms with Gasteiger partial charge in [-0.2, -0.15) is 0 Å². The quantitative estimate of drug-likeness (QED) is 0.383. The molecule has 0 radical (unpaired) electrons. The molecule has 3 aromatic carbocycles. The first kappa shape index (κ1) is 20.5. The zero-order valence-corrected chi connectivity index (χ0v) is 18.9. The van der Waals surface area contributed by atoms with Gasteiger partial charge in [0.2, 0.25) is 5.76 Å². The van der Waals surface area contributed by atoms with Crippen LogP contribution in [-0.2, 0) is 6.54 Å². The number of carbonyl (C=O) groups excluding carboxylic acids is 1. The van der Waals surface area contributed by atoms with Crippen LogP contribution < -0.4 is 5.43 Å². The monoisotopic (exact) mass is 443 g/mol. The van der Waals surface area contributed by atoms with Crippen molar-refractivity contribution >= 4 is 28.5 Å². The molecular formula is C27H22ClNO3. The van der Waals surface area contributed by atoms with Gasteiger partial charge < -0.3 is 9.32 Å². The Morgan fingerprint density at radius 3 is 2.34 bits per heavy atom. The standard InChI is InChI=1S/C27H22ClNO3/c1-15-8-10-18(11-9-15)24-23-25(30)20-12-16(2)17(3)13-22(20)32-26(23)27(31)29(24)14-19-6-4-5-7-21(19)28/h4-13,24H,14H2,1-3H3. The Morgan fingerprint density at radius 1 is 0.938 bits per heavy atom. The van der Waals surface area contributed by atoms with Crippen molar-refractivity contribution < 1.29 is 9.21 Å². The minimum absolute atomic E-state index is 0.114. The lowest BCUT2D eigenvalue weighted by atomic mass is 9.96. The van der Waals surface area contributed by atoms with E-state index in [1.165, 1.54) is 0 Å². The molecule has 1 unspecified atom stereocenters. The highest BCUT2D eigenvalue weighted by atomic mass is 35.5. The van der Waals surface area contributed by atoms with Crippen LogP contribution in [0, 0.1) is 20.8 Å². The van der Waals surface area contributed by atoms with Gasteiger partial charge >= 0.3 is 0 Å². The van der Waals surface area contributed by atoms with Gasteiger partial charge in [-0.1, -0.05) is 59.6 Å². The van der Waals surface area contributed by atoms with Crippen LogP contribution in [0.1, 0.15) is 50.0 Å². The summed E-state index contributed by atoms with van der Waals surface area (Å²) in [4.78, 5) is 28.9. The third kappa shape index (κ3) is 3.23. The summed E-state index contributed by atoms with van der Waals surface area (Å²) in [5.74, 6) is -0.189. The number of fused-ring (bicyclic) bond motifs is 2. The molecule has 2 heterocycles. The molecule has 1 aromatic heterocycles. The number of rotatable bonds is 3. The summed E-state index contributed by atoms with van der Waals surface area (Å²) in [5.41, 5.74) is 5.47. The number of carbonyl (C=O) groups is 1. The average Bonchev–Trinajstić information content (AvgIpc) is 3.04. The molecule has 5 rings (SSSR count).